The molecule has 0 aliphatic heterocycles. The van der Waals surface area contributed by atoms with E-state index in [-0.39, 0.29) is 0 Å². The number of rotatable bonds is 2. The van der Waals surface area contributed by atoms with E-state index in [1.165, 1.54) is 11.1 Å². The quantitative estimate of drug-likeness (QED) is 0.742. The number of benzene rings is 1. The van der Waals surface area contributed by atoms with Crippen LogP contribution in [0.2, 0.25) is 0 Å². The van der Waals surface area contributed by atoms with Gasteiger partial charge in [0.25, 0.3) is 0 Å². The molecule has 1 aromatic carbocycles. The molecule has 2 N–H and O–H groups in total. The topological polar surface area (TPSA) is 57.5 Å². The highest BCUT2D eigenvalue weighted by Crippen LogP contribution is 2.05. The fraction of sp³-hybridized carbons (Fsp3) is 0.200. The second-order valence-electron chi connectivity index (χ2n) is 2.58. The molecule has 1 rings (SSSR count). The first-order valence-electron chi connectivity index (χ1n) is 4.23. The van der Waals surface area contributed by atoms with Gasteiger partial charge >= 0.3 is 8.25 Å². The van der Waals surface area contributed by atoms with Crippen LogP contribution in [-0.4, -0.2) is 9.79 Å². The fourth-order valence-corrected chi connectivity index (χ4v) is 0.889. The molecular formula is C10H15O3P. The summed E-state index contributed by atoms with van der Waals surface area (Å²) in [6.07, 6.45) is 2.97. The molecule has 0 atom stereocenters. The molecule has 14 heavy (non-hydrogen) atoms. The minimum atomic E-state index is -3.13. The molecule has 0 radical (unpaired) electrons. The summed E-state index contributed by atoms with van der Waals surface area (Å²) in [5.41, 5.74) is 2.57. The lowest BCUT2D eigenvalue weighted by molar-refractivity contribution is 0.405. The van der Waals surface area contributed by atoms with Crippen molar-refractivity contribution in [2.75, 3.05) is 0 Å². The summed E-state index contributed by atoms with van der Waals surface area (Å²) < 4.78 is 8.74. The highest BCUT2D eigenvalue weighted by Gasteiger charge is 1.86. The molecule has 0 aromatic heterocycles. The molecule has 0 unspecified atom stereocenters. The lowest BCUT2D eigenvalue weighted by Crippen LogP contribution is -1.78. The molecule has 0 aliphatic rings. The van der Waals surface area contributed by atoms with Gasteiger partial charge in [-0.3, -0.25) is 4.57 Å². The van der Waals surface area contributed by atoms with E-state index in [0.29, 0.717) is 0 Å². The Hall–Kier alpha value is -0.890. The Balaban J connectivity index is 0.000000364. The van der Waals surface area contributed by atoms with Crippen LogP contribution in [0.1, 0.15) is 18.1 Å². The first-order chi connectivity index (χ1) is 6.60. The number of hydrogen-bond acceptors (Lipinski definition) is 1. The van der Waals surface area contributed by atoms with E-state index >= 15 is 0 Å². The Bertz CT molecular complexity index is 289. The molecule has 0 heterocycles. The van der Waals surface area contributed by atoms with Gasteiger partial charge in [-0.05, 0) is 17.5 Å². The Labute approximate surface area is 84.7 Å². The van der Waals surface area contributed by atoms with E-state index in [4.69, 9.17) is 14.4 Å². The molecule has 4 heteroatoms. The second-order valence-corrected chi connectivity index (χ2v) is 3.15. The Morgan fingerprint density at radius 1 is 1.36 bits per heavy atom. The average Bonchev–Trinajstić information content (AvgIpc) is 2.17. The third kappa shape index (κ3) is 6.61. The highest BCUT2D eigenvalue weighted by atomic mass is 31.1. The average molecular weight is 214 g/mol. The van der Waals surface area contributed by atoms with Crippen LogP contribution < -0.4 is 0 Å². The largest absolute Gasteiger partial charge is 0.326 e. The van der Waals surface area contributed by atoms with E-state index in [1.807, 2.05) is 6.08 Å². The van der Waals surface area contributed by atoms with Gasteiger partial charge in [-0.1, -0.05) is 43.8 Å². The number of aryl methyl sites for hydroxylation is 1. The molecule has 78 valence electrons. The predicted octanol–water partition coefficient (Wildman–Crippen LogP) is 2.25. The zero-order valence-electron chi connectivity index (χ0n) is 8.10. The van der Waals surface area contributed by atoms with Crippen LogP contribution >= 0.6 is 8.25 Å². The zero-order chi connectivity index (χ0) is 11.0. The summed E-state index contributed by atoms with van der Waals surface area (Å²) in [6.45, 7) is 5.84. The van der Waals surface area contributed by atoms with Crippen molar-refractivity contribution in [3.05, 3.63) is 42.0 Å². The normalized spacial score (nSPS) is 9.14. The molecule has 0 saturated carbocycles. The highest BCUT2D eigenvalue weighted by molar-refractivity contribution is 7.30. The monoisotopic (exact) mass is 214 g/mol. The van der Waals surface area contributed by atoms with Crippen molar-refractivity contribution in [3.8, 4) is 0 Å². The summed E-state index contributed by atoms with van der Waals surface area (Å²) >= 11 is 0. The van der Waals surface area contributed by atoms with Crippen LogP contribution in [0.25, 0.3) is 6.08 Å². The van der Waals surface area contributed by atoms with Crippen molar-refractivity contribution in [1.82, 2.24) is 0 Å². The van der Waals surface area contributed by atoms with Crippen molar-refractivity contribution in [2.24, 2.45) is 0 Å². The summed E-state index contributed by atoms with van der Waals surface area (Å²) in [5.74, 6) is 0. The second kappa shape index (κ2) is 7.51. The smallest absolute Gasteiger partial charge is 0.314 e. The van der Waals surface area contributed by atoms with E-state index in [1.54, 1.807) is 0 Å². The third-order valence-corrected chi connectivity index (χ3v) is 1.62. The third-order valence-electron chi connectivity index (χ3n) is 1.62. The summed E-state index contributed by atoms with van der Waals surface area (Å²) in [6, 6.07) is 8.45. The molecular weight excluding hydrogens is 199 g/mol. The minimum Gasteiger partial charge on any atom is -0.326 e. The van der Waals surface area contributed by atoms with Gasteiger partial charge in [0.05, 0.1) is 0 Å². The van der Waals surface area contributed by atoms with Gasteiger partial charge in [0.1, 0.15) is 0 Å². The van der Waals surface area contributed by atoms with Gasteiger partial charge in [-0.2, -0.15) is 0 Å². The SMILES string of the molecule is C=Cc1ccc(CC)cc1.O=[PH](O)O. The minimum absolute atomic E-state index is 1.11. The Morgan fingerprint density at radius 3 is 2.07 bits per heavy atom. The van der Waals surface area contributed by atoms with Crippen LogP contribution in [-0.2, 0) is 11.0 Å². The maximum absolute atomic E-state index is 8.74. The zero-order valence-corrected chi connectivity index (χ0v) is 9.10. The van der Waals surface area contributed by atoms with E-state index in [0.717, 1.165) is 6.42 Å². The molecule has 0 amide bonds. The van der Waals surface area contributed by atoms with E-state index in [2.05, 4.69) is 37.8 Å². The molecule has 0 fully saturated rings. The molecule has 1 aromatic rings. The standard InChI is InChI=1S/C10H12.H3O3P/c1-3-9-5-7-10(4-2)8-6-9;1-4(2)3/h3,5-8H,1,4H2,2H3;4H,(H2,1,2,3). The molecule has 0 saturated heterocycles. The summed E-state index contributed by atoms with van der Waals surface area (Å²) in [7, 11) is -3.13. The van der Waals surface area contributed by atoms with Crippen LogP contribution in [0.3, 0.4) is 0 Å². The molecule has 0 aliphatic carbocycles. The predicted molar refractivity (Wildman–Crippen MR) is 59.4 cm³/mol. The molecule has 0 spiro atoms. The lowest BCUT2D eigenvalue weighted by atomic mass is 10.1. The first kappa shape index (κ1) is 13.1. The molecule has 0 bridgehead atoms. The summed E-state index contributed by atoms with van der Waals surface area (Å²) in [5, 5.41) is 0. The van der Waals surface area contributed by atoms with Gasteiger partial charge in [0.15, 0.2) is 0 Å². The van der Waals surface area contributed by atoms with E-state index in [9.17, 15) is 0 Å². The van der Waals surface area contributed by atoms with Gasteiger partial charge in [0.2, 0.25) is 0 Å². The molecule has 3 nitrogen and oxygen atoms in total. The van der Waals surface area contributed by atoms with Crippen LogP contribution in [0.5, 0.6) is 0 Å². The first-order valence-corrected chi connectivity index (χ1v) is 5.53. The van der Waals surface area contributed by atoms with Gasteiger partial charge in [-0.15, -0.1) is 0 Å². The van der Waals surface area contributed by atoms with Crippen LogP contribution in [0, 0.1) is 0 Å². The van der Waals surface area contributed by atoms with Gasteiger partial charge in [-0.25, -0.2) is 0 Å². The fourth-order valence-electron chi connectivity index (χ4n) is 0.889. The van der Waals surface area contributed by atoms with Gasteiger partial charge in [0, 0.05) is 0 Å². The maximum atomic E-state index is 8.74. The summed E-state index contributed by atoms with van der Waals surface area (Å²) in [4.78, 5) is 14.3. The van der Waals surface area contributed by atoms with Crippen molar-refractivity contribution in [1.29, 1.82) is 0 Å². The van der Waals surface area contributed by atoms with Crippen molar-refractivity contribution >= 4 is 14.3 Å². The van der Waals surface area contributed by atoms with Crippen molar-refractivity contribution < 1.29 is 14.4 Å². The van der Waals surface area contributed by atoms with Crippen LogP contribution in [0.4, 0.5) is 0 Å². The van der Waals surface area contributed by atoms with Crippen LogP contribution in [0.15, 0.2) is 30.8 Å². The Morgan fingerprint density at radius 2 is 1.79 bits per heavy atom. The van der Waals surface area contributed by atoms with E-state index < -0.39 is 8.25 Å². The number of hydrogen-bond donors (Lipinski definition) is 2. The maximum Gasteiger partial charge on any atom is 0.314 e. The van der Waals surface area contributed by atoms with Crippen molar-refractivity contribution in [3.63, 3.8) is 0 Å². The van der Waals surface area contributed by atoms with Gasteiger partial charge < -0.3 is 9.79 Å². The van der Waals surface area contributed by atoms with Crippen molar-refractivity contribution in [2.45, 2.75) is 13.3 Å². The lowest BCUT2D eigenvalue weighted by Gasteiger charge is -1.95. The Kier molecular flexibility index (Phi) is 7.03.